The van der Waals surface area contributed by atoms with Crippen molar-refractivity contribution in [2.45, 2.75) is 51.1 Å². The summed E-state index contributed by atoms with van der Waals surface area (Å²) in [5.74, 6) is 0.960. The first-order valence-corrected chi connectivity index (χ1v) is 6.73. The average Bonchev–Trinajstić information content (AvgIpc) is 2.82. The highest BCUT2D eigenvalue weighted by molar-refractivity contribution is 5.76. The fourth-order valence-electron chi connectivity index (χ4n) is 2.74. The molecule has 0 saturated heterocycles. The summed E-state index contributed by atoms with van der Waals surface area (Å²) in [6, 6.07) is 4.82. The van der Waals surface area contributed by atoms with E-state index in [1.54, 1.807) is 6.26 Å². The summed E-state index contributed by atoms with van der Waals surface area (Å²) in [5, 5.41) is 3.60. The van der Waals surface area contributed by atoms with Gasteiger partial charge in [0.1, 0.15) is 5.76 Å². The number of carbonyl (C=O) groups is 1. The van der Waals surface area contributed by atoms with E-state index in [0.29, 0.717) is 12.1 Å². The first-order valence-electron chi connectivity index (χ1n) is 6.73. The van der Waals surface area contributed by atoms with Gasteiger partial charge in [-0.15, -0.1) is 0 Å². The van der Waals surface area contributed by atoms with Gasteiger partial charge < -0.3 is 15.5 Å². The molecule has 1 saturated carbocycles. The second-order valence-electron chi connectivity index (χ2n) is 5.30. The number of nitrogens with two attached hydrogens (primary N) is 1. The van der Waals surface area contributed by atoms with Gasteiger partial charge >= 0.3 is 0 Å². The number of rotatable bonds is 5. The summed E-state index contributed by atoms with van der Waals surface area (Å²) in [6.07, 6.45) is 6.52. The maximum absolute atomic E-state index is 11.1. The van der Waals surface area contributed by atoms with Gasteiger partial charge in [0.25, 0.3) is 0 Å². The zero-order chi connectivity index (χ0) is 13.0. The number of nitrogens with one attached hydrogen (secondary N) is 1. The molecular formula is C14H22N2O2. The van der Waals surface area contributed by atoms with Gasteiger partial charge in [-0.25, -0.2) is 0 Å². The van der Waals surface area contributed by atoms with Crippen molar-refractivity contribution in [2.24, 2.45) is 11.7 Å². The summed E-state index contributed by atoms with van der Waals surface area (Å²) in [5.41, 5.74) is 5.33. The molecule has 3 N–H and O–H groups in total. The topological polar surface area (TPSA) is 68.3 Å². The third-order valence-corrected chi connectivity index (χ3v) is 3.74. The van der Waals surface area contributed by atoms with Gasteiger partial charge in [-0.05, 0) is 44.7 Å². The molecule has 1 atom stereocenters. The van der Waals surface area contributed by atoms with Gasteiger partial charge in [-0.3, -0.25) is 4.79 Å². The van der Waals surface area contributed by atoms with E-state index in [1.165, 1.54) is 0 Å². The Morgan fingerprint density at radius 1 is 1.50 bits per heavy atom. The van der Waals surface area contributed by atoms with Crippen molar-refractivity contribution in [2.75, 3.05) is 0 Å². The lowest BCUT2D eigenvalue weighted by molar-refractivity contribution is -0.122. The van der Waals surface area contributed by atoms with Crippen molar-refractivity contribution >= 4 is 5.91 Å². The first-order chi connectivity index (χ1) is 8.65. The molecule has 4 heteroatoms. The van der Waals surface area contributed by atoms with Crippen LogP contribution < -0.4 is 11.1 Å². The van der Waals surface area contributed by atoms with Crippen molar-refractivity contribution in [3.8, 4) is 0 Å². The van der Waals surface area contributed by atoms with Crippen molar-refractivity contribution in [3.63, 3.8) is 0 Å². The monoisotopic (exact) mass is 250 g/mol. The largest absolute Gasteiger partial charge is 0.469 e. The highest BCUT2D eigenvalue weighted by Crippen LogP contribution is 2.24. The van der Waals surface area contributed by atoms with E-state index >= 15 is 0 Å². The van der Waals surface area contributed by atoms with Crippen LogP contribution in [0, 0.1) is 5.92 Å². The molecular weight excluding hydrogens is 228 g/mol. The highest BCUT2D eigenvalue weighted by Gasteiger charge is 2.25. The number of hydrogen-bond acceptors (Lipinski definition) is 3. The summed E-state index contributed by atoms with van der Waals surface area (Å²) >= 11 is 0. The Bertz CT molecular complexity index is 367. The third-order valence-electron chi connectivity index (χ3n) is 3.74. The number of hydrogen-bond donors (Lipinski definition) is 2. The van der Waals surface area contributed by atoms with E-state index in [-0.39, 0.29) is 11.8 Å². The smallest absolute Gasteiger partial charge is 0.220 e. The molecule has 1 heterocycles. The molecule has 1 fully saturated rings. The fourth-order valence-corrected chi connectivity index (χ4v) is 2.74. The van der Waals surface area contributed by atoms with Crippen LogP contribution in [-0.2, 0) is 11.2 Å². The summed E-state index contributed by atoms with van der Waals surface area (Å²) in [6.45, 7) is 2.17. The molecule has 0 bridgehead atoms. The minimum Gasteiger partial charge on any atom is -0.469 e. The Labute approximate surface area is 108 Å². The normalized spacial score (nSPS) is 25.8. The number of furan rings is 1. The molecule has 100 valence electrons. The van der Waals surface area contributed by atoms with Crippen LogP contribution in [0.4, 0.5) is 0 Å². The van der Waals surface area contributed by atoms with Gasteiger partial charge in [0.05, 0.1) is 6.26 Å². The Morgan fingerprint density at radius 2 is 2.22 bits per heavy atom. The first kappa shape index (κ1) is 13.1. The summed E-state index contributed by atoms with van der Waals surface area (Å²) in [7, 11) is 0. The maximum atomic E-state index is 11.1. The van der Waals surface area contributed by atoms with E-state index in [0.717, 1.165) is 37.9 Å². The minimum absolute atomic E-state index is 0.0865. The number of amides is 1. The summed E-state index contributed by atoms with van der Waals surface area (Å²) < 4.78 is 5.34. The quantitative estimate of drug-likeness (QED) is 0.838. The maximum Gasteiger partial charge on any atom is 0.220 e. The second-order valence-corrected chi connectivity index (χ2v) is 5.30. The van der Waals surface area contributed by atoms with Crippen molar-refractivity contribution < 1.29 is 9.21 Å². The third kappa shape index (κ3) is 3.60. The van der Waals surface area contributed by atoms with Crippen LogP contribution in [0.1, 0.15) is 38.4 Å². The Morgan fingerprint density at radius 3 is 2.78 bits per heavy atom. The molecule has 1 aliphatic rings. The van der Waals surface area contributed by atoms with Gasteiger partial charge in [-0.1, -0.05) is 0 Å². The zero-order valence-electron chi connectivity index (χ0n) is 10.9. The molecule has 1 aromatic heterocycles. The van der Waals surface area contributed by atoms with Crippen LogP contribution in [0.15, 0.2) is 22.8 Å². The molecule has 18 heavy (non-hydrogen) atoms. The molecule has 1 unspecified atom stereocenters. The second kappa shape index (κ2) is 6.05. The minimum atomic E-state index is -0.142. The number of carbonyl (C=O) groups excluding carboxylic acids is 1. The van der Waals surface area contributed by atoms with Gasteiger partial charge in [0.15, 0.2) is 0 Å². The molecule has 1 aliphatic carbocycles. The SMILES string of the molecule is CC(Cc1ccco1)NC1CCC(C(N)=O)CC1. The molecule has 0 radical (unpaired) electrons. The van der Waals surface area contributed by atoms with Gasteiger partial charge in [-0.2, -0.15) is 0 Å². The molecule has 2 rings (SSSR count). The summed E-state index contributed by atoms with van der Waals surface area (Å²) in [4.78, 5) is 11.1. The molecule has 0 aromatic carbocycles. The molecule has 0 spiro atoms. The Kier molecular flexibility index (Phi) is 4.42. The molecule has 1 amide bonds. The van der Waals surface area contributed by atoms with Crippen molar-refractivity contribution in [3.05, 3.63) is 24.2 Å². The lowest BCUT2D eigenvalue weighted by Crippen LogP contribution is -2.41. The number of primary amides is 1. The fraction of sp³-hybridized carbons (Fsp3) is 0.643. The average molecular weight is 250 g/mol. The lowest BCUT2D eigenvalue weighted by Gasteiger charge is -2.29. The molecule has 0 aliphatic heterocycles. The predicted molar refractivity (Wildman–Crippen MR) is 70.0 cm³/mol. The van der Waals surface area contributed by atoms with E-state index < -0.39 is 0 Å². The molecule has 4 nitrogen and oxygen atoms in total. The predicted octanol–water partition coefficient (Wildman–Crippen LogP) is 1.84. The Balaban J connectivity index is 1.72. The highest BCUT2D eigenvalue weighted by atomic mass is 16.3. The van der Waals surface area contributed by atoms with Crippen LogP contribution in [-0.4, -0.2) is 18.0 Å². The van der Waals surface area contributed by atoms with E-state index in [2.05, 4.69) is 12.2 Å². The van der Waals surface area contributed by atoms with Crippen LogP contribution in [0.25, 0.3) is 0 Å². The molecule has 1 aromatic rings. The van der Waals surface area contributed by atoms with E-state index in [4.69, 9.17) is 10.2 Å². The van der Waals surface area contributed by atoms with Crippen LogP contribution in [0.2, 0.25) is 0 Å². The van der Waals surface area contributed by atoms with Gasteiger partial charge in [0, 0.05) is 24.4 Å². The van der Waals surface area contributed by atoms with Crippen molar-refractivity contribution in [1.29, 1.82) is 0 Å². The zero-order valence-corrected chi connectivity index (χ0v) is 10.9. The van der Waals surface area contributed by atoms with Crippen LogP contribution >= 0.6 is 0 Å². The van der Waals surface area contributed by atoms with Crippen molar-refractivity contribution in [1.82, 2.24) is 5.32 Å². The van der Waals surface area contributed by atoms with Gasteiger partial charge in [0.2, 0.25) is 5.91 Å². The Hall–Kier alpha value is -1.29. The lowest BCUT2D eigenvalue weighted by atomic mass is 9.85. The van der Waals surface area contributed by atoms with Crippen LogP contribution in [0.3, 0.4) is 0 Å². The van der Waals surface area contributed by atoms with Crippen LogP contribution in [0.5, 0.6) is 0 Å². The van der Waals surface area contributed by atoms with E-state index in [9.17, 15) is 4.79 Å². The van der Waals surface area contributed by atoms with E-state index in [1.807, 2.05) is 12.1 Å². The standard InChI is InChI=1S/C14H22N2O2/c1-10(9-13-3-2-8-18-13)16-12-6-4-11(5-7-12)14(15)17/h2-3,8,10-12,16H,4-7,9H2,1H3,(H2,15,17).